The molecule has 2 heterocycles. The van der Waals surface area contributed by atoms with E-state index >= 15 is 0 Å². The average molecular weight is 393 g/mol. The molecule has 150 valence electrons. The van der Waals surface area contributed by atoms with Gasteiger partial charge in [-0.1, -0.05) is 0 Å². The van der Waals surface area contributed by atoms with Crippen molar-refractivity contribution in [2.24, 2.45) is 0 Å². The van der Waals surface area contributed by atoms with E-state index in [1.165, 1.54) is 13.0 Å². The summed E-state index contributed by atoms with van der Waals surface area (Å²) < 4.78 is 0. The van der Waals surface area contributed by atoms with Crippen molar-refractivity contribution in [2.75, 3.05) is 36.4 Å². The van der Waals surface area contributed by atoms with Crippen LogP contribution in [0, 0.1) is 0 Å². The number of carbonyl (C=O) groups excluding carboxylic acids is 3. The molecule has 1 aliphatic rings. The number of carbonyl (C=O) groups is 3. The number of hydrogen-bond acceptors (Lipinski definition) is 6. The van der Waals surface area contributed by atoms with Crippen LogP contribution in [0.1, 0.15) is 24.2 Å². The highest BCUT2D eigenvalue weighted by Gasteiger charge is 2.22. The molecule has 2 amide bonds. The molecular formula is C21H23N5O3. The van der Waals surface area contributed by atoms with Gasteiger partial charge in [0.25, 0.3) is 5.91 Å². The van der Waals surface area contributed by atoms with Gasteiger partial charge in [0.2, 0.25) is 11.9 Å². The lowest BCUT2D eigenvalue weighted by atomic mass is 10.1. The fourth-order valence-corrected chi connectivity index (χ4v) is 2.94. The van der Waals surface area contributed by atoms with E-state index in [1.807, 2.05) is 4.90 Å². The highest BCUT2D eigenvalue weighted by Crippen LogP contribution is 2.13. The molecule has 8 nitrogen and oxygen atoms in total. The minimum atomic E-state index is -0.356. The van der Waals surface area contributed by atoms with Crippen LogP contribution in [-0.4, -0.2) is 58.6 Å². The van der Waals surface area contributed by atoms with Crippen LogP contribution in [0.2, 0.25) is 0 Å². The maximum Gasteiger partial charge on any atom is 0.251 e. The fourth-order valence-electron chi connectivity index (χ4n) is 2.94. The SMILES string of the molecule is CC(=O)c1ccc(NC(=O)/C(C)=C\C(=O)N2CCN(c3ncccn3)CC2)cc1. The topological polar surface area (TPSA) is 95.5 Å². The molecule has 2 aromatic rings. The maximum atomic E-state index is 12.5. The minimum Gasteiger partial charge on any atom is -0.337 e. The van der Waals surface area contributed by atoms with E-state index in [0.29, 0.717) is 49.0 Å². The second-order valence-corrected chi connectivity index (χ2v) is 6.78. The summed E-state index contributed by atoms with van der Waals surface area (Å²) in [5.74, 6) is 0.0634. The third-order valence-electron chi connectivity index (χ3n) is 4.67. The highest BCUT2D eigenvalue weighted by molar-refractivity contribution is 6.07. The molecule has 29 heavy (non-hydrogen) atoms. The molecule has 0 atom stereocenters. The predicted octanol–water partition coefficient (Wildman–Crippen LogP) is 1.91. The van der Waals surface area contributed by atoms with Crippen LogP contribution in [0.4, 0.5) is 11.6 Å². The van der Waals surface area contributed by atoms with E-state index < -0.39 is 0 Å². The maximum absolute atomic E-state index is 12.5. The molecule has 1 aromatic carbocycles. The number of nitrogens with zero attached hydrogens (tertiary/aromatic N) is 4. The van der Waals surface area contributed by atoms with Crippen LogP contribution in [0.5, 0.6) is 0 Å². The highest BCUT2D eigenvalue weighted by atomic mass is 16.2. The van der Waals surface area contributed by atoms with Crippen molar-refractivity contribution in [1.29, 1.82) is 0 Å². The standard InChI is InChI=1S/C21H23N5O3/c1-15(20(29)24-18-6-4-17(5-7-18)16(2)27)14-19(28)25-10-12-26(13-11-25)21-22-8-3-9-23-21/h3-9,14H,10-13H2,1-2H3,(H,24,29)/b15-14-. The number of ketones is 1. The number of hydrogen-bond donors (Lipinski definition) is 1. The van der Waals surface area contributed by atoms with E-state index in [0.717, 1.165) is 0 Å². The summed E-state index contributed by atoms with van der Waals surface area (Å²) in [5, 5.41) is 2.73. The van der Waals surface area contributed by atoms with Crippen molar-refractivity contribution in [1.82, 2.24) is 14.9 Å². The summed E-state index contributed by atoms with van der Waals surface area (Å²) in [7, 11) is 0. The molecule has 1 N–H and O–H groups in total. The lowest BCUT2D eigenvalue weighted by Gasteiger charge is -2.34. The van der Waals surface area contributed by atoms with Crippen LogP contribution in [0.25, 0.3) is 0 Å². The van der Waals surface area contributed by atoms with Crippen LogP contribution in [0.3, 0.4) is 0 Å². The minimum absolute atomic E-state index is 0.0385. The molecule has 0 spiro atoms. The van der Waals surface area contributed by atoms with Gasteiger partial charge in [0, 0.05) is 61.5 Å². The van der Waals surface area contributed by atoms with Crippen molar-refractivity contribution >= 4 is 29.2 Å². The summed E-state index contributed by atoms with van der Waals surface area (Å²) in [4.78, 5) is 48.4. The van der Waals surface area contributed by atoms with E-state index in [4.69, 9.17) is 0 Å². The van der Waals surface area contributed by atoms with E-state index in [9.17, 15) is 14.4 Å². The fraction of sp³-hybridized carbons (Fsp3) is 0.286. The van der Waals surface area contributed by atoms with Gasteiger partial charge in [-0.05, 0) is 44.2 Å². The van der Waals surface area contributed by atoms with Gasteiger partial charge in [0.1, 0.15) is 0 Å². The number of anilines is 2. The normalized spacial score (nSPS) is 14.5. The van der Waals surface area contributed by atoms with Gasteiger partial charge in [-0.2, -0.15) is 0 Å². The largest absolute Gasteiger partial charge is 0.337 e. The average Bonchev–Trinajstić information content (AvgIpc) is 2.74. The molecule has 1 aromatic heterocycles. The Hall–Kier alpha value is -3.55. The Bertz CT molecular complexity index is 917. The number of nitrogens with one attached hydrogen (secondary N) is 1. The van der Waals surface area contributed by atoms with E-state index in [1.54, 1.807) is 54.5 Å². The van der Waals surface area contributed by atoms with Crippen molar-refractivity contribution in [3.05, 3.63) is 59.9 Å². The van der Waals surface area contributed by atoms with Gasteiger partial charge in [0.15, 0.2) is 5.78 Å². The Labute approximate surface area is 169 Å². The summed E-state index contributed by atoms with van der Waals surface area (Å²) in [6.07, 6.45) is 4.74. The number of benzene rings is 1. The van der Waals surface area contributed by atoms with Crippen LogP contribution >= 0.6 is 0 Å². The van der Waals surface area contributed by atoms with Gasteiger partial charge in [-0.25, -0.2) is 9.97 Å². The third-order valence-corrected chi connectivity index (χ3v) is 4.67. The summed E-state index contributed by atoms with van der Waals surface area (Å²) in [5.41, 5.74) is 1.46. The van der Waals surface area contributed by atoms with Gasteiger partial charge in [-0.3, -0.25) is 14.4 Å². The number of Topliss-reactive ketones (excluding diaryl/α,β-unsaturated/α-hetero) is 1. The Balaban J connectivity index is 1.54. The smallest absolute Gasteiger partial charge is 0.251 e. The van der Waals surface area contributed by atoms with E-state index in [-0.39, 0.29) is 17.6 Å². The molecule has 0 bridgehead atoms. The van der Waals surface area contributed by atoms with Crippen LogP contribution < -0.4 is 10.2 Å². The second-order valence-electron chi connectivity index (χ2n) is 6.78. The van der Waals surface area contributed by atoms with Gasteiger partial charge < -0.3 is 15.1 Å². The van der Waals surface area contributed by atoms with Gasteiger partial charge in [0.05, 0.1) is 0 Å². The zero-order chi connectivity index (χ0) is 20.8. The number of amides is 2. The van der Waals surface area contributed by atoms with Crippen LogP contribution in [0.15, 0.2) is 54.4 Å². The molecule has 3 rings (SSSR count). The summed E-state index contributed by atoms with van der Waals surface area (Å²) in [6.45, 7) is 5.43. The number of rotatable bonds is 5. The first kappa shape index (κ1) is 20.2. The zero-order valence-corrected chi connectivity index (χ0v) is 16.5. The Morgan fingerprint density at radius 2 is 1.59 bits per heavy atom. The first-order valence-corrected chi connectivity index (χ1v) is 9.35. The van der Waals surface area contributed by atoms with Gasteiger partial charge in [-0.15, -0.1) is 0 Å². The van der Waals surface area contributed by atoms with Crippen molar-refractivity contribution < 1.29 is 14.4 Å². The van der Waals surface area contributed by atoms with Crippen molar-refractivity contribution in [3.8, 4) is 0 Å². The number of piperazine rings is 1. The molecule has 1 saturated heterocycles. The molecule has 8 heteroatoms. The second kappa shape index (κ2) is 9.09. The Morgan fingerprint density at radius 1 is 0.966 bits per heavy atom. The molecule has 0 radical (unpaired) electrons. The van der Waals surface area contributed by atoms with Crippen molar-refractivity contribution in [3.63, 3.8) is 0 Å². The zero-order valence-electron chi connectivity index (χ0n) is 16.5. The molecular weight excluding hydrogens is 370 g/mol. The third kappa shape index (κ3) is 5.25. The quantitative estimate of drug-likeness (QED) is 0.616. The summed E-state index contributed by atoms with van der Waals surface area (Å²) in [6, 6.07) is 8.39. The Morgan fingerprint density at radius 3 is 2.17 bits per heavy atom. The lowest BCUT2D eigenvalue weighted by Crippen LogP contribution is -2.49. The van der Waals surface area contributed by atoms with Crippen molar-refractivity contribution in [2.45, 2.75) is 13.8 Å². The molecule has 1 aliphatic heterocycles. The van der Waals surface area contributed by atoms with Crippen LogP contribution in [-0.2, 0) is 9.59 Å². The predicted molar refractivity (Wildman–Crippen MR) is 110 cm³/mol. The molecule has 1 fully saturated rings. The number of aromatic nitrogens is 2. The molecule has 0 unspecified atom stereocenters. The summed E-state index contributed by atoms with van der Waals surface area (Å²) >= 11 is 0. The van der Waals surface area contributed by atoms with Gasteiger partial charge >= 0.3 is 0 Å². The monoisotopic (exact) mass is 393 g/mol. The lowest BCUT2D eigenvalue weighted by molar-refractivity contribution is -0.126. The molecule has 0 saturated carbocycles. The Kier molecular flexibility index (Phi) is 6.33. The first-order chi connectivity index (χ1) is 13.9. The van der Waals surface area contributed by atoms with E-state index in [2.05, 4.69) is 15.3 Å². The first-order valence-electron chi connectivity index (χ1n) is 9.35. The molecule has 0 aliphatic carbocycles.